The van der Waals surface area contributed by atoms with E-state index >= 15 is 0 Å². The van der Waals surface area contributed by atoms with Gasteiger partial charge in [0.1, 0.15) is 17.8 Å². The highest BCUT2D eigenvalue weighted by atomic mass is 16.4. The molecule has 4 unspecified atom stereocenters. The summed E-state index contributed by atoms with van der Waals surface area (Å²) in [6, 6.07) is 24.1. The lowest BCUT2D eigenvalue weighted by Gasteiger charge is -2.24. The molecule has 0 fully saturated rings. The van der Waals surface area contributed by atoms with Gasteiger partial charge in [-0.15, -0.1) is 0 Å². The Morgan fingerprint density at radius 3 is 1.82 bits per heavy atom. The molecule has 0 bridgehead atoms. The number of aromatic hydroxyl groups is 1. The van der Waals surface area contributed by atoms with Crippen molar-refractivity contribution in [1.29, 1.82) is 0 Å². The SMILES string of the molecule is CNC(Cc1ccc(O)cc1)C(=O)NC(Cc1ccc2ccccc2c1)C(=O)NC(CCCCNC(=O)CCCC(=O)NC(Cc1ccc(C)cc1)C(=O)C(C)C)C(=O)O. The molecule has 4 aromatic carbocycles. The quantitative estimate of drug-likeness (QED) is 0.0490. The highest BCUT2D eigenvalue weighted by Crippen LogP contribution is 2.18. The van der Waals surface area contributed by atoms with Crippen LogP contribution in [0.2, 0.25) is 0 Å². The number of ketones is 1. The summed E-state index contributed by atoms with van der Waals surface area (Å²) >= 11 is 0. The molecule has 0 aliphatic carbocycles. The molecule has 4 rings (SSSR count). The summed E-state index contributed by atoms with van der Waals surface area (Å²) in [7, 11) is 1.63. The summed E-state index contributed by atoms with van der Waals surface area (Å²) in [5, 5.41) is 35.8. The van der Waals surface area contributed by atoms with Gasteiger partial charge in [-0.25, -0.2) is 4.79 Å². The molecule has 60 heavy (non-hydrogen) atoms. The summed E-state index contributed by atoms with van der Waals surface area (Å²) in [4.78, 5) is 77.8. The Labute approximate surface area is 352 Å². The summed E-state index contributed by atoms with van der Waals surface area (Å²) in [5.74, 6) is -3.07. The smallest absolute Gasteiger partial charge is 0.326 e. The molecular formula is C47H59N5O8. The van der Waals surface area contributed by atoms with Crippen LogP contribution in [0.4, 0.5) is 0 Å². The predicted octanol–water partition coefficient (Wildman–Crippen LogP) is 4.69. The first-order valence-electron chi connectivity index (χ1n) is 20.6. The Morgan fingerprint density at radius 1 is 0.600 bits per heavy atom. The van der Waals surface area contributed by atoms with Crippen molar-refractivity contribution < 1.29 is 39.0 Å². The van der Waals surface area contributed by atoms with Gasteiger partial charge in [0.15, 0.2) is 5.78 Å². The van der Waals surface area contributed by atoms with Crippen LogP contribution >= 0.6 is 0 Å². The van der Waals surface area contributed by atoms with Crippen LogP contribution in [0.25, 0.3) is 10.8 Å². The predicted molar refractivity (Wildman–Crippen MR) is 231 cm³/mol. The number of nitrogens with one attached hydrogen (secondary N) is 5. The van der Waals surface area contributed by atoms with Crippen molar-refractivity contribution >= 4 is 46.2 Å². The normalized spacial score (nSPS) is 13.2. The third-order valence-electron chi connectivity index (χ3n) is 10.4. The largest absolute Gasteiger partial charge is 0.508 e. The first-order chi connectivity index (χ1) is 28.7. The van der Waals surface area contributed by atoms with Crippen molar-refractivity contribution in [2.75, 3.05) is 13.6 Å². The average molecular weight is 822 g/mol. The van der Waals surface area contributed by atoms with Gasteiger partial charge >= 0.3 is 5.97 Å². The fraction of sp³-hybridized carbons (Fsp3) is 0.404. The summed E-state index contributed by atoms with van der Waals surface area (Å²) in [5.41, 5.74) is 3.62. The number of carbonyl (C=O) groups is 6. The Bertz CT molecular complexity index is 2070. The number of Topliss-reactive ketones (excluding diaryl/α,β-unsaturated/α-hetero) is 1. The number of hydrogen-bond donors (Lipinski definition) is 7. The van der Waals surface area contributed by atoms with Gasteiger partial charge in [0.25, 0.3) is 0 Å². The Morgan fingerprint density at radius 2 is 1.17 bits per heavy atom. The van der Waals surface area contributed by atoms with Crippen LogP contribution in [0.3, 0.4) is 0 Å². The zero-order chi connectivity index (χ0) is 43.6. The number of phenols is 1. The molecule has 7 N–H and O–H groups in total. The van der Waals surface area contributed by atoms with Crippen molar-refractivity contribution in [1.82, 2.24) is 26.6 Å². The molecule has 13 nitrogen and oxygen atoms in total. The highest BCUT2D eigenvalue weighted by Gasteiger charge is 2.29. The molecule has 0 aromatic heterocycles. The number of benzene rings is 4. The van der Waals surface area contributed by atoms with E-state index in [-0.39, 0.29) is 67.9 Å². The standard InChI is InChI=1S/C47H59N5O8/c1-30(2)44(56)39(27-32-17-15-31(3)16-18-32)50-43(55)14-9-13-42(54)49-25-8-7-12-38(47(59)60)51-46(58)41(29-34-19-22-35-10-5-6-11-36(35)26-34)52-45(57)40(48-4)28-33-20-23-37(53)24-21-33/h5-6,10-11,15-24,26,30,38-41,48,53H,7-9,12-14,25,27-29H2,1-4H3,(H,49,54)(H,50,55)(H,51,58)(H,52,57)(H,59,60). The molecule has 320 valence electrons. The van der Waals surface area contributed by atoms with Gasteiger partial charge in [0, 0.05) is 31.7 Å². The summed E-state index contributed by atoms with van der Waals surface area (Å²) in [6.45, 7) is 5.86. The van der Waals surface area contributed by atoms with Gasteiger partial charge in [-0.2, -0.15) is 0 Å². The summed E-state index contributed by atoms with van der Waals surface area (Å²) in [6.07, 6.45) is 2.18. The molecule has 4 aromatic rings. The van der Waals surface area contributed by atoms with Gasteiger partial charge in [-0.05, 0) is 92.1 Å². The zero-order valence-corrected chi connectivity index (χ0v) is 35.0. The molecule has 0 saturated heterocycles. The number of hydrogen-bond acceptors (Lipinski definition) is 8. The molecule has 0 spiro atoms. The van der Waals surface area contributed by atoms with Crippen molar-refractivity contribution in [2.24, 2.45) is 5.92 Å². The van der Waals surface area contributed by atoms with E-state index < -0.39 is 42.0 Å². The number of fused-ring (bicyclic) bond motifs is 1. The fourth-order valence-corrected chi connectivity index (χ4v) is 6.86. The van der Waals surface area contributed by atoms with Crippen molar-refractivity contribution in [3.8, 4) is 5.75 Å². The maximum atomic E-state index is 13.8. The number of carboxylic acid groups (broad SMARTS) is 1. The molecule has 0 radical (unpaired) electrons. The molecule has 4 amide bonds. The monoisotopic (exact) mass is 821 g/mol. The molecule has 0 saturated carbocycles. The van der Waals surface area contributed by atoms with Gasteiger partial charge < -0.3 is 36.8 Å². The van der Waals surface area contributed by atoms with Crippen molar-refractivity contribution in [3.05, 3.63) is 113 Å². The molecular weight excluding hydrogens is 763 g/mol. The Hall–Kier alpha value is -6.08. The molecule has 0 aliphatic rings. The van der Waals surface area contributed by atoms with E-state index in [0.29, 0.717) is 25.7 Å². The number of carboxylic acids is 1. The van der Waals surface area contributed by atoms with E-state index in [1.54, 1.807) is 33.0 Å². The van der Waals surface area contributed by atoms with E-state index in [1.807, 2.05) is 73.7 Å². The number of likely N-dealkylation sites (N-methyl/N-ethyl adjacent to an activating group) is 1. The third kappa shape index (κ3) is 15.3. The lowest BCUT2D eigenvalue weighted by atomic mass is 9.95. The highest BCUT2D eigenvalue weighted by molar-refractivity contribution is 5.93. The number of amides is 4. The van der Waals surface area contributed by atoms with Crippen LogP contribution in [0.5, 0.6) is 5.75 Å². The minimum atomic E-state index is -1.24. The lowest BCUT2D eigenvalue weighted by molar-refractivity contribution is -0.142. The topological polar surface area (TPSA) is 203 Å². The molecule has 0 aliphatic heterocycles. The number of phenolic OH excluding ortho intramolecular Hbond substituents is 1. The van der Waals surface area contributed by atoms with E-state index in [0.717, 1.165) is 33.0 Å². The van der Waals surface area contributed by atoms with Crippen LogP contribution in [0, 0.1) is 12.8 Å². The second-order valence-electron chi connectivity index (χ2n) is 15.6. The van der Waals surface area contributed by atoms with Crippen LogP contribution in [-0.4, -0.2) is 83.4 Å². The van der Waals surface area contributed by atoms with Crippen LogP contribution in [0.15, 0.2) is 91.0 Å². The average Bonchev–Trinajstić information content (AvgIpc) is 3.22. The zero-order valence-electron chi connectivity index (χ0n) is 35.0. The van der Waals surface area contributed by atoms with Crippen molar-refractivity contribution in [2.45, 2.75) is 103 Å². The first-order valence-corrected chi connectivity index (χ1v) is 20.6. The van der Waals surface area contributed by atoms with E-state index in [1.165, 1.54) is 12.1 Å². The van der Waals surface area contributed by atoms with E-state index in [4.69, 9.17) is 0 Å². The Balaban J connectivity index is 1.26. The Kier molecular flexibility index (Phi) is 18.3. The van der Waals surface area contributed by atoms with Gasteiger partial charge in [0.05, 0.1) is 12.1 Å². The maximum absolute atomic E-state index is 13.8. The number of unbranched alkanes of at least 4 members (excludes halogenated alkanes) is 1. The van der Waals surface area contributed by atoms with E-state index in [9.17, 15) is 39.0 Å². The van der Waals surface area contributed by atoms with Gasteiger partial charge in [0.2, 0.25) is 23.6 Å². The number of aryl methyl sites for hydroxylation is 1. The number of carbonyl (C=O) groups excluding carboxylic acids is 5. The maximum Gasteiger partial charge on any atom is 0.326 e. The van der Waals surface area contributed by atoms with Gasteiger partial charge in [-0.3, -0.25) is 24.0 Å². The van der Waals surface area contributed by atoms with Crippen molar-refractivity contribution in [3.63, 3.8) is 0 Å². The molecule has 4 atom stereocenters. The third-order valence-corrected chi connectivity index (χ3v) is 10.4. The minimum Gasteiger partial charge on any atom is -0.508 e. The van der Waals surface area contributed by atoms with Crippen LogP contribution in [0.1, 0.15) is 74.6 Å². The molecule has 0 heterocycles. The minimum absolute atomic E-state index is 0.0557. The number of rotatable bonds is 24. The number of aliphatic carboxylic acids is 1. The summed E-state index contributed by atoms with van der Waals surface area (Å²) < 4.78 is 0. The first kappa shape index (κ1) is 46.6. The second-order valence-corrected chi connectivity index (χ2v) is 15.6. The van der Waals surface area contributed by atoms with E-state index in [2.05, 4.69) is 26.6 Å². The van der Waals surface area contributed by atoms with Crippen LogP contribution in [-0.2, 0) is 48.0 Å². The van der Waals surface area contributed by atoms with Crippen LogP contribution < -0.4 is 26.6 Å². The molecule has 13 heteroatoms. The fourth-order valence-electron chi connectivity index (χ4n) is 6.86. The lowest BCUT2D eigenvalue weighted by Crippen LogP contribution is -2.56. The second kappa shape index (κ2) is 23.5. The van der Waals surface area contributed by atoms with Gasteiger partial charge in [-0.1, -0.05) is 98.3 Å².